The van der Waals surface area contributed by atoms with E-state index in [-0.39, 0.29) is 11.9 Å². The van der Waals surface area contributed by atoms with Crippen molar-refractivity contribution in [2.45, 2.75) is 32.4 Å². The molecule has 2 atom stereocenters. The predicted octanol–water partition coefficient (Wildman–Crippen LogP) is 2.46. The van der Waals surface area contributed by atoms with Crippen LogP contribution in [0.25, 0.3) is 0 Å². The fourth-order valence-corrected chi connectivity index (χ4v) is 2.46. The molecule has 0 amide bonds. The highest BCUT2D eigenvalue weighted by molar-refractivity contribution is 5.56. The Morgan fingerprint density at radius 3 is 3.00 bits per heavy atom. The van der Waals surface area contributed by atoms with Crippen LogP contribution in [-0.4, -0.2) is 25.8 Å². The molecule has 0 spiro atoms. The Morgan fingerprint density at radius 1 is 1.56 bits per heavy atom. The first-order chi connectivity index (χ1) is 8.63. The van der Waals surface area contributed by atoms with Gasteiger partial charge in [-0.15, -0.1) is 0 Å². The smallest absolute Gasteiger partial charge is 0.123 e. The number of anilines is 1. The van der Waals surface area contributed by atoms with Crippen LogP contribution in [0.3, 0.4) is 0 Å². The van der Waals surface area contributed by atoms with Gasteiger partial charge in [-0.05, 0) is 37.1 Å². The zero-order valence-electron chi connectivity index (χ0n) is 11.0. The lowest BCUT2D eigenvalue weighted by Gasteiger charge is -2.38. The first-order valence-corrected chi connectivity index (χ1v) is 6.53. The van der Waals surface area contributed by atoms with E-state index in [0.29, 0.717) is 12.6 Å². The van der Waals surface area contributed by atoms with Gasteiger partial charge in [-0.25, -0.2) is 4.39 Å². The molecule has 4 heteroatoms. The monoisotopic (exact) mass is 252 g/mol. The van der Waals surface area contributed by atoms with Crippen LogP contribution in [0.4, 0.5) is 10.1 Å². The van der Waals surface area contributed by atoms with E-state index in [0.717, 1.165) is 30.8 Å². The van der Waals surface area contributed by atoms with Gasteiger partial charge in [0.1, 0.15) is 5.82 Å². The number of hydrogen-bond donors (Lipinski definition) is 1. The highest BCUT2D eigenvalue weighted by Gasteiger charge is 2.24. The molecule has 0 aliphatic carbocycles. The minimum atomic E-state index is -0.229. The molecular formula is C14H21FN2O. The number of nitrogens with two attached hydrogens (primary N) is 1. The third kappa shape index (κ3) is 2.65. The molecular weight excluding hydrogens is 231 g/mol. The Hall–Kier alpha value is -1.13. The van der Waals surface area contributed by atoms with Crippen molar-refractivity contribution in [3.05, 3.63) is 29.6 Å². The molecule has 1 aromatic rings. The average Bonchev–Trinajstić information content (AvgIpc) is 2.38. The van der Waals surface area contributed by atoms with Crippen LogP contribution in [0.1, 0.15) is 31.9 Å². The van der Waals surface area contributed by atoms with Crippen molar-refractivity contribution in [3.8, 4) is 0 Å². The third-order valence-corrected chi connectivity index (χ3v) is 3.49. The van der Waals surface area contributed by atoms with Crippen molar-refractivity contribution >= 4 is 5.69 Å². The molecule has 100 valence electrons. The summed E-state index contributed by atoms with van der Waals surface area (Å²) in [4.78, 5) is 2.29. The second kappa shape index (κ2) is 5.67. The molecule has 0 aromatic heterocycles. The lowest BCUT2D eigenvalue weighted by atomic mass is 10.0. The quantitative estimate of drug-likeness (QED) is 0.898. The van der Waals surface area contributed by atoms with Crippen molar-refractivity contribution < 1.29 is 9.13 Å². The van der Waals surface area contributed by atoms with Gasteiger partial charge in [-0.2, -0.15) is 0 Å². The molecule has 3 nitrogen and oxygen atoms in total. The summed E-state index contributed by atoms with van der Waals surface area (Å²) in [7, 11) is 0. The lowest BCUT2D eigenvalue weighted by Crippen LogP contribution is -2.45. The maximum absolute atomic E-state index is 13.4. The fourth-order valence-electron chi connectivity index (χ4n) is 2.46. The largest absolute Gasteiger partial charge is 0.377 e. The molecule has 0 radical (unpaired) electrons. The molecule has 1 aliphatic rings. The van der Waals surface area contributed by atoms with Gasteiger partial charge in [0.05, 0.1) is 19.3 Å². The molecule has 2 N–H and O–H groups in total. The summed E-state index contributed by atoms with van der Waals surface area (Å²) in [6.07, 6.45) is 1.01. The number of ether oxygens (including phenoxy) is 1. The van der Waals surface area contributed by atoms with Gasteiger partial charge in [0, 0.05) is 18.3 Å². The van der Waals surface area contributed by atoms with Crippen LogP contribution in [0, 0.1) is 5.82 Å². The number of halogens is 1. The van der Waals surface area contributed by atoms with Crippen LogP contribution < -0.4 is 10.6 Å². The van der Waals surface area contributed by atoms with Crippen molar-refractivity contribution in [2.75, 3.05) is 24.7 Å². The first kappa shape index (κ1) is 13.3. The molecule has 1 heterocycles. The molecule has 0 saturated carbocycles. The summed E-state index contributed by atoms with van der Waals surface area (Å²) in [5, 5.41) is 0. The van der Waals surface area contributed by atoms with Gasteiger partial charge in [-0.3, -0.25) is 0 Å². The maximum Gasteiger partial charge on any atom is 0.123 e. The highest BCUT2D eigenvalue weighted by Crippen LogP contribution is 2.29. The molecule has 18 heavy (non-hydrogen) atoms. The Morgan fingerprint density at radius 2 is 2.33 bits per heavy atom. The standard InChI is InChI=1S/C14H21FN2O/c1-3-12-9-18-7-6-17(12)14-5-4-11(15)8-13(14)10(2)16/h4-5,8,10,12H,3,6-7,9,16H2,1-2H3/t10-,12?/m0/s1. The van der Waals surface area contributed by atoms with Gasteiger partial charge in [-0.1, -0.05) is 6.92 Å². The zero-order valence-corrected chi connectivity index (χ0v) is 11.0. The number of benzene rings is 1. The Labute approximate surface area is 108 Å². The maximum atomic E-state index is 13.4. The summed E-state index contributed by atoms with van der Waals surface area (Å²) in [6, 6.07) is 5.06. The molecule has 1 aromatic carbocycles. The van der Waals surface area contributed by atoms with Crippen molar-refractivity contribution in [1.29, 1.82) is 0 Å². The van der Waals surface area contributed by atoms with Crippen LogP contribution >= 0.6 is 0 Å². The molecule has 1 unspecified atom stereocenters. The molecule has 0 bridgehead atoms. The molecule has 1 fully saturated rings. The van der Waals surface area contributed by atoms with E-state index in [1.54, 1.807) is 6.07 Å². The number of nitrogens with zero attached hydrogens (tertiary/aromatic N) is 1. The van der Waals surface area contributed by atoms with E-state index in [9.17, 15) is 4.39 Å². The van der Waals surface area contributed by atoms with Gasteiger partial charge in [0.25, 0.3) is 0 Å². The van der Waals surface area contributed by atoms with E-state index in [4.69, 9.17) is 10.5 Å². The second-order valence-electron chi connectivity index (χ2n) is 4.82. The highest BCUT2D eigenvalue weighted by atomic mass is 19.1. The van der Waals surface area contributed by atoms with Gasteiger partial charge >= 0.3 is 0 Å². The lowest BCUT2D eigenvalue weighted by molar-refractivity contribution is 0.0929. The topological polar surface area (TPSA) is 38.5 Å². The SMILES string of the molecule is CCC1COCCN1c1ccc(F)cc1[C@H](C)N. The molecule has 1 aliphatic heterocycles. The normalized spacial score (nSPS) is 22.0. The van der Waals surface area contributed by atoms with E-state index < -0.39 is 0 Å². The fraction of sp³-hybridized carbons (Fsp3) is 0.571. The van der Waals surface area contributed by atoms with Gasteiger partial charge in [0.2, 0.25) is 0 Å². The Balaban J connectivity index is 2.36. The number of morpholine rings is 1. The summed E-state index contributed by atoms with van der Waals surface area (Å²) in [5.41, 5.74) is 7.87. The minimum absolute atomic E-state index is 0.170. The Bertz CT molecular complexity index is 409. The summed E-state index contributed by atoms with van der Waals surface area (Å²) >= 11 is 0. The molecule has 1 saturated heterocycles. The van der Waals surface area contributed by atoms with Gasteiger partial charge < -0.3 is 15.4 Å². The van der Waals surface area contributed by atoms with Crippen LogP contribution in [-0.2, 0) is 4.74 Å². The summed E-state index contributed by atoms with van der Waals surface area (Å²) in [6.45, 7) is 6.31. The van der Waals surface area contributed by atoms with Crippen molar-refractivity contribution in [2.24, 2.45) is 5.73 Å². The van der Waals surface area contributed by atoms with E-state index >= 15 is 0 Å². The third-order valence-electron chi connectivity index (χ3n) is 3.49. The van der Waals surface area contributed by atoms with E-state index in [1.807, 2.05) is 13.0 Å². The van der Waals surface area contributed by atoms with Crippen LogP contribution in [0.2, 0.25) is 0 Å². The van der Waals surface area contributed by atoms with Crippen LogP contribution in [0.15, 0.2) is 18.2 Å². The zero-order chi connectivity index (χ0) is 13.1. The predicted molar refractivity (Wildman–Crippen MR) is 71.2 cm³/mol. The minimum Gasteiger partial charge on any atom is -0.377 e. The number of rotatable bonds is 3. The van der Waals surface area contributed by atoms with Gasteiger partial charge in [0.15, 0.2) is 0 Å². The van der Waals surface area contributed by atoms with E-state index in [2.05, 4.69) is 11.8 Å². The van der Waals surface area contributed by atoms with Crippen molar-refractivity contribution in [3.63, 3.8) is 0 Å². The second-order valence-corrected chi connectivity index (χ2v) is 4.82. The summed E-state index contributed by atoms with van der Waals surface area (Å²) in [5.74, 6) is -0.229. The average molecular weight is 252 g/mol. The molecule has 2 rings (SSSR count). The first-order valence-electron chi connectivity index (χ1n) is 6.53. The van der Waals surface area contributed by atoms with Crippen molar-refractivity contribution in [1.82, 2.24) is 0 Å². The number of hydrogen-bond acceptors (Lipinski definition) is 3. The van der Waals surface area contributed by atoms with Crippen LogP contribution in [0.5, 0.6) is 0 Å². The Kier molecular flexibility index (Phi) is 4.19. The summed E-state index contributed by atoms with van der Waals surface area (Å²) < 4.78 is 18.9. The van der Waals surface area contributed by atoms with E-state index in [1.165, 1.54) is 6.07 Å².